The minimum absolute atomic E-state index is 0.360. The van der Waals surface area contributed by atoms with Crippen molar-refractivity contribution < 1.29 is 43.0 Å². The second-order valence-corrected chi connectivity index (χ2v) is 13.0. The Hall–Kier alpha value is -3.44. The third-order valence-electron chi connectivity index (χ3n) is 6.77. The Kier molecular flexibility index (Phi) is 13.8. The van der Waals surface area contributed by atoms with Gasteiger partial charge in [-0.3, -0.25) is 4.52 Å². The third-order valence-corrected chi connectivity index (χ3v) is 7.36. The lowest BCUT2D eigenvalue weighted by Gasteiger charge is -2.31. The number of nitrogens with one attached hydrogen (secondary N) is 2. The van der Waals surface area contributed by atoms with Gasteiger partial charge in [0.2, 0.25) is 0 Å². The maximum Gasteiger partial charge on any atom is 0.470 e. The molecule has 2 aromatic carbocycles. The van der Waals surface area contributed by atoms with Crippen LogP contribution in [-0.4, -0.2) is 47.0 Å². The van der Waals surface area contributed by atoms with Crippen molar-refractivity contribution in [3.8, 4) is 0 Å². The summed E-state index contributed by atoms with van der Waals surface area (Å²) >= 11 is 0. The summed E-state index contributed by atoms with van der Waals surface area (Å²) in [5, 5.41) is 5.87. The highest BCUT2D eigenvalue weighted by Crippen LogP contribution is 2.38. The van der Waals surface area contributed by atoms with E-state index >= 15 is 0 Å². The number of amides is 2. The summed E-state index contributed by atoms with van der Waals surface area (Å²) in [5.74, 6) is -2.58. The molecule has 0 aliphatic heterocycles. The van der Waals surface area contributed by atoms with Crippen LogP contribution in [0.15, 0.2) is 42.5 Å². The molecule has 0 radical (unpaired) electrons. The van der Waals surface area contributed by atoms with Crippen LogP contribution in [0.4, 0.5) is 21.9 Å². The predicted molar refractivity (Wildman–Crippen MR) is 169 cm³/mol. The van der Waals surface area contributed by atoms with E-state index in [1.807, 2.05) is 56.3 Å². The van der Waals surface area contributed by atoms with Crippen molar-refractivity contribution in [1.82, 2.24) is 0 Å². The van der Waals surface area contributed by atoms with Crippen LogP contribution in [0.1, 0.15) is 71.9 Å². The molecule has 2 amide bonds. The van der Waals surface area contributed by atoms with Crippen molar-refractivity contribution in [1.29, 1.82) is 0 Å². The van der Waals surface area contributed by atoms with Crippen molar-refractivity contribution in [2.45, 2.75) is 73.8 Å². The van der Waals surface area contributed by atoms with Crippen LogP contribution in [0.2, 0.25) is 0 Å². The Bertz CT molecular complexity index is 1300. The maximum atomic E-state index is 13.1. The van der Waals surface area contributed by atoms with Crippen molar-refractivity contribution in [2.24, 2.45) is 17.8 Å². The predicted octanol–water partition coefficient (Wildman–Crippen LogP) is 6.39. The molecule has 2 rings (SSSR count). The van der Waals surface area contributed by atoms with Gasteiger partial charge in [-0.25, -0.2) is 28.7 Å². The van der Waals surface area contributed by atoms with Crippen LogP contribution >= 0.6 is 7.82 Å². The Balaban J connectivity index is 2.35. The Morgan fingerprint density at radius 3 is 1.95 bits per heavy atom. The standard InChI is InChI=1S/C31H46N3O9P/c1-9-26(22(7)29(35)41-42-30(36)23(8)43-44(38,39)40)24-12-15-28(34(17-19(2)3)18-20(4)5)27(16-24)33-31(37)32-25-13-10-21(6)11-14-25/h10-16,19-20,22-23,26H,9,17-18H2,1-8H3,(H2,32,33,37)(H2,38,39,40). The first-order chi connectivity index (χ1) is 20.5. The second-order valence-electron chi connectivity index (χ2n) is 11.8. The summed E-state index contributed by atoms with van der Waals surface area (Å²) in [4.78, 5) is 67.2. The Morgan fingerprint density at radius 1 is 0.864 bits per heavy atom. The van der Waals surface area contributed by atoms with E-state index in [0.29, 0.717) is 29.6 Å². The van der Waals surface area contributed by atoms with Gasteiger partial charge in [-0.1, -0.05) is 65.3 Å². The first-order valence-electron chi connectivity index (χ1n) is 14.7. The minimum Gasteiger partial charge on any atom is -0.369 e. The first kappa shape index (κ1) is 36.8. The molecule has 0 aliphatic carbocycles. The van der Waals surface area contributed by atoms with Gasteiger partial charge >= 0.3 is 25.8 Å². The molecule has 3 unspecified atom stereocenters. The van der Waals surface area contributed by atoms with Crippen LogP contribution in [0.3, 0.4) is 0 Å². The molecule has 12 nitrogen and oxygen atoms in total. The highest BCUT2D eigenvalue weighted by atomic mass is 31.2. The zero-order valence-corrected chi connectivity index (χ0v) is 27.6. The van der Waals surface area contributed by atoms with Crippen LogP contribution in [0.5, 0.6) is 0 Å². The fourth-order valence-corrected chi connectivity index (χ4v) is 5.25. The van der Waals surface area contributed by atoms with Gasteiger partial charge in [-0.2, -0.15) is 0 Å². The number of carbonyl (C=O) groups is 3. The molecule has 0 heterocycles. The molecule has 0 bridgehead atoms. The van der Waals surface area contributed by atoms with Gasteiger partial charge in [0.1, 0.15) is 0 Å². The monoisotopic (exact) mass is 635 g/mol. The van der Waals surface area contributed by atoms with E-state index in [9.17, 15) is 18.9 Å². The number of urea groups is 1. The number of phosphoric ester groups is 1. The van der Waals surface area contributed by atoms with Crippen molar-refractivity contribution >= 4 is 42.9 Å². The molecule has 3 atom stereocenters. The van der Waals surface area contributed by atoms with E-state index in [0.717, 1.165) is 36.8 Å². The molecule has 0 saturated carbocycles. The fraction of sp³-hybridized carbons (Fsp3) is 0.516. The highest BCUT2D eigenvalue weighted by Gasteiger charge is 2.31. The SMILES string of the molecule is CCC(c1ccc(N(CC(C)C)CC(C)C)c(NC(=O)Nc2ccc(C)cc2)c1)C(C)C(=O)OOC(=O)C(C)OP(=O)(O)O. The number of hydrogen-bond acceptors (Lipinski definition) is 8. The van der Waals surface area contributed by atoms with E-state index in [4.69, 9.17) is 14.7 Å². The minimum atomic E-state index is -4.95. The molecular formula is C31H46N3O9P. The Labute approximate surface area is 259 Å². The lowest BCUT2D eigenvalue weighted by atomic mass is 9.84. The van der Waals surface area contributed by atoms with Gasteiger partial charge in [0.15, 0.2) is 6.10 Å². The van der Waals surface area contributed by atoms with Crippen molar-refractivity contribution in [2.75, 3.05) is 28.6 Å². The topological polar surface area (TPSA) is 164 Å². The molecule has 0 aliphatic rings. The number of benzene rings is 2. The summed E-state index contributed by atoms with van der Waals surface area (Å²) in [6.07, 6.45) is -1.15. The smallest absolute Gasteiger partial charge is 0.369 e. The summed E-state index contributed by atoms with van der Waals surface area (Å²) in [7, 11) is -4.95. The van der Waals surface area contributed by atoms with Gasteiger partial charge in [-0.05, 0) is 67.9 Å². The zero-order chi connectivity index (χ0) is 33.2. The molecule has 2 aromatic rings. The molecule has 244 valence electrons. The summed E-state index contributed by atoms with van der Waals surface area (Å²) in [5.41, 5.74) is 3.88. The number of carbonyl (C=O) groups excluding carboxylic acids is 3. The average Bonchev–Trinajstić information content (AvgIpc) is 2.91. The van der Waals surface area contributed by atoms with Crippen LogP contribution in [0, 0.1) is 24.7 Å². The largest absolute Gasteiger partial charge is 0.470 e. The molecule has 0 saturated heterocycles. The van der Waals surface area contributed by atoms with Crippen LogP contribution in [0.25, 0.3) is 0 Å². The first-order valence-corrected chi connectivity index (χ1v) is 16.2. The van der Waals surface area contributed by atoms with Gasteiger partial charge in [0.05, 0.1) is 17.3 Å². The maximum absolute atomic E-state index is 13.1. The number of nitrogens with zero attached hydrogens (tertiary/aromatic N) is 1. The van der Waals surface area contributed by atoms with E-state index < -0.39 is 37.8 Å². The molecule has 4 N–H and O–H groups in total. The normalized spacial score (nSPS) is 13.6. The van der Waals surface area contributed by atoms with E-state index in [1.165, 1.54) is 0 Å². The van der Waals surface area contributed by atoms with E-state index in [1.54, 1.807) is 6.92 Å². The van der Waals surface area contributed by atoms with E-state index in [-0.39, 0.29) is 5.92 Å². The number of rotatable bonds is 14. The molecule has 44 heavy (non-hydrogen) atoms. The molecule has 0 aromatic heterocycles. The zero-order valence-electron chi connectivity index (χ0n) is 26.7. The molecule has 0 fully saturated rings. The molecular weight excluding hydrogens is 589 g/mol. The summed E-state index contributed by atoms with van der Waals surface area (Å²) < 4.78 is 15.2. The van der Waals surface area contributed by atoms with Crippen LogP contribution in [-0.2, 0) is 28.5 Å². The van der Waals surface area contributed by atoms with Gasteiger partial charge in [-0.15, -0.1) is 0 Å². The highest BCUT2D eigenvalue weighted by molar-refractivity contribution is 7.46. The Morgan fingerprint density at radius 2 is 1.43 bits per heavy atom. The summed E-state index contributed by atoms with van der Waals surface area (Å²) in [6, 6.07) is 12.7. The van der Waals surface area contributed by atoms with Gasteiger partial charge in [0.25, 0.3) is 0 Å². The number of aryl methyl sites for hydroxylation is 1. The fourth-order valence-electron chi connectivity index (χ4n) is 4.75. The van der Waals surface area contributed by atoms with Crippen molar-refractivity contribution in [3.63, 3.8) is 0 Å². The quantitative estimate of drug-likeness (QED) is 0.104. The van der Waals surface area contributed by atoms with E-state index in [2.05, 4.69) is 52.6 Å². The molecule has 13 heteroatoms. The lowest BCUT2D eigenvalue weighted by Crippen LogP contribution is -2.33. The number of phosphoric acid groups is 1. The summed E-state index contributed by atoms with van der Waals surface area (Å²) in [6.45, 7) is 16.6. The van der Waals surface area contributed by atoms with Crippen LogP contribution < -0.4 is 15.5 Å². The third kappa shape index (κ3) is 11.9. The number of anilines is 3. The second kappa shape index (κ2) is 16.6. The van der Waals surface area contributed by atoms with Gasteiger partial charge < -0.3 is 25.3 Å². The molecule has 0 spiro atoms. The lowest BCUT2D eigenvalue weighted by molar-refractivity contribution is -0.266. The van der Waals surface area contributed by atoms with Gasteiger partial charge in [0, 0.05) is 18.8 Å². The number of hydrogen-bond donors (Lipinski definition) is 4. The average molecular weight is 636 g/mol. The van der Waals surface area contributed by atoms with Crippen molar-refractivity contribution in [3.05, 3.63) is 53.6 Å².